The normalized spacial score (nSPS) is 40.6. The van der Waals surface area contributed by atoms with Gasteiger partial charge in [0.15, 0.2) is 0 Å². The Morgan fingerprint density at radius 1 is 0.625 bits per heavy atom. The Bertz CT molecular complexity index is 696. The zero-order chi connectivity index (χ0) is 21.6. The van der Waals surface area contributed by atoms with Crippen LogP contribution in [0.15, 0.2) is 35.7 Å². The molecular weight excluding hydrogens is 392 g/mol. The molecule has 5 aliphatic rings. The van der Waals surface area contributed by atoms with Gasteiger partial charge in [0.2, 0.25) is 0 Å². The molecule has 4 N–H and O–H groups in total. The van der Waals surface area contributed by atoms with E-state index in [1.807, 2.05) is 0 Å². The molecule has 1 heterocycles. The summed E-state index contributed by atoms with van der Waals surface area (Å²) in [6.45, 7) is 3.50. The van der Waals surface area contributed by atoms with E-state index in [2.05, 4.69) is 45.7 Å². The summed E-state index contributed by atoms with van der Waals surface area (Å²) in [6.07, 6.45) is 26.8. The summed E-state index contributed by atoms with van der Waals surface area (Å²) in [6, 6.07) is 2.01. The highest BCUT2D eigenvalue weighted by molar-refractivity contribution is 5.37. The van der Waals surface area contributed by atoms with Crippen molar-refractivity contribution in [3.8, 4) is 0 Å². The molecule has 32 heavy (non-hydrogen) atoms. The Labute approximate surface area is 196 Å². The van der Waals surface area contributed by atoms with Crippen molar-refractivity contribution in [1.82, 2.24) is 21.3 Å². The number of allylic oxidation sites excluding steroid dienone is 4. The molecule has 0 radical (unpaired) electrons. The Hall–Kier alpha value is -1.26. The lowest BCUT2D eigenvalue weighted by Gasteiger charge is -2.39. The molecule has 5 rings (SSSR count). The molecule has 3 fully saturated rings. The van der Waals surface area contributed by atoms with E-state index in [9.17, 15) is 0 Å². The van der Waals surface area contributed by atoms with Gasteiger partial charge >= 0.3 is 0 Å². The zero-order valence-electron chi connectivity index (χ0n) is 20.1. The summed E-state index contributed by atoms with van der Waals surface area (Å²) in [5.74, 6) is 2.31. The second-order valence-corrected chi connectivity index (χ2v) is 11.2. The van der Waals surface area contributed by atoms with Crippen LogP contribution in [0.4, 0.5) is 0 Å². The first-order chi connectivity index (χ1) is 15.9. The molecule has 4 heteroatoms. The number of hydrogen-bond acceptors (Lipinski definition) is 4. The van der Waals surface area contributed by atoms with Crippen LogP contribution < -0.4 is 21.3 Å². The monoisotopic (exact) mass is 438 g/mol. The van der Waals surface area contributed by atoms with Crippen molar-refractivity contribution in [2.75, 3.05) is 19.6 Å². The Balaban J connectivity index is 1.35. The van der Waals surface area contributed by atoms with E-state index in [4.69, 9.17) is 0 Å². The van der Waals surface area contributed by atoms with Crippen molar-refractivity contribution in [2.24, 2.45) is 17.8 Å². The number of hydrogen-bond donors (Lipinski definition) is 4. The van der Waals surface area contributed by atoms with Gasteiger partial charge in [0.05, 0.1) is 0 Å². The van der Waals surface area contributed by atoms with Gasteiger partial charge in [-0.15, -0.1) is 0 Å². The highest BCUT2D eigenvalue weighted by Gasteiger charge is 2.31. The number of fused-ring (bicyclic) bond motifs is 4. The second kappa shape index (κ2) is 11.2. The van der Waals surface area contributed by atoms with Crippen LogP contribution in [0, 0.1) is 17.8 Å². The molecular formula is C28H46N4. The minimum absolute atomic E-state index is 0.617. The summed E-state index contributed by atoms with van der Waals surface area (Å²) < 4.78 is 0. The summed E-state index contributed by atoms with van der Waals surface area (Å²) in [5, 5.41) is 16.0. The highest BCUT2D eigenvalue weighted by atomic mass is 15.0. The largest absolute Gasteiger partial charge is 0.388 e. The summed E-state index contributed by atoms with van der Waals surface area (Å²) in [5.41, 5.74) is 2.78. The maximum absolute atomic E-state index is 4.10. The van der Waals surface area contributed by atoms with Gasteiger partial charge in [-0.25, -0.2) is 0 Å². The minimum atomic E-state index is 0.617. The lowest BCUT2D eigenvalue weighted by Crippen LogP contribution is -2.51. The predicted octanol–water partition coefficient (Wildman–Crippen LogP) is 4.76. The van der Waals surface area contributed by atoms with Crippen LogP contribution in [0.3, 0.4) is 0 Å². The average molecular weight is 439 g/mol. The third-order valence-corrected chi connectivity index (χ3v) is 9.12. The standard InChI is InChI=1S/C28H46N4/c1-5-13-25-21(9-1)17-29-26-14-6-2-11-23(26)19-31-28-16-8-4-12-24(28)20-32-27-15-7-3-10-22(27)18-30-25/h1,5,13,17,22-24,26-32H,2-4,6-12,14-16,18-20H2/b21-17-. The van der Waals surface area contributed by atoms with E-state index in [0.717, 1.165) is 30.7 Å². The van der Waals surface area contributed by atoms with Crippen molar-refractivity contribution in [3.05, 3.63) is 35.7 Å². The van der Waals surface area contributed by atoms with Gasteiger partial charge in [-0.05, 0) is 80.9 Å². The first kappa shape index (κ1) is 22.5. The number of rotatable bonds is 0. The fraction of sp³-hybridized carbons (Fsp3) is 0.786. The third kappa shape index (κ3) is 5.62. The van der Waals surface area contributed by atoms with Crippen molar-refractivity contribution >= 4 is 0 Å². The van der Waals surface area contributed by atoms with Crippen LogP contribution in [0.2, 0.25) is 0 Å². The molecule has 0 aromatic rings. The van der Waals surface area contributed by atoms with E-state index >= 15 is 0 Å². The SMILES string of the molecule is C1=CC/C2=C/NC3CCCCC3CNC3CCCCC3CNC3CCCCC3CNC2=C1. The Morgan fingerprint density at radius 3 is 1.88 bits per heavy atom. The van der Waals surface area contributed by atoms with Crippen molar-refractivity contribution in [2.45, 2.75) is 102 Å². The maximum atomic E-state index is 4.10. The molecule has 3 saturated carbocycles. The Kier molecular flexibility index (Phi) is 7.92. The molecule has 4 aliphatic carbocycles. The maximum Gasteiger partial charge on any atom is 0.0390 e. The third-order valence-electron chi connectivity index (χ3n) is 9.12. The molecule has 0 bridgehead atoms. The van der Waals surface area contributed by atoms with Crippen molar-refractivity contribution in [3.63, 3.8) is 0 Å². The minimum Gasteiger partial charge on any atom is -0.388 e. The molecule has 178 valence electrons. The molecule has 0 aromatic heterocycles. The van der Waals surface area contributed by atoms with Crippen molar-refractivity contribution in [1.29, 1.82) is 0 Å². The highest BCUT2D eigenvalue weighted by Crippen LogP contribution is 2.30. The topological polar surface area (TPSA) is 48.1 Å². The van der Waals surface area contributed by atoms with Crippen LogP contribution in [0.1, 0.15) is 83.5 Å². The molecule has 0 spiro atoms. The Morgan fingerprint density at radius 2 is 1.19 bits per heavy atom. The summed E-state index contributed by atoms with van der Waals surface area (Å²) >= 11 is 0. The first-order valence-electron chi connectivity index (χ1n) is 13.9. The number of nitrogens with one attached hydrogen (secondary N) is 4. The fourth-order valence-electron chi connectivity index (χ4n) is 7.05. The van der Waals surface area contributed by atoms with E-state index in [1.165, 1.54) is 101 Å². The van der Waals surface area contributed by atoms with E-state index in [0.29, 0.717) is 18.1 Å². The molecule has 6 atom stereocenters. The summed E-state index contributed by atoms with van der Waals surface area (Å²) in [7, 11) is 0. The van der Waals surface area contributed by atoms with E-state index in [1.54, 1.807) is 0 Å². The van der Waals surface area contributed by atoms with Gasteiger partial charge in [-0.1, -0.05) is 50.7 Å². The molecule has 0 aromatic carbocycles. The van der Waals surface area contributed by atoms with Gasteiger partial charge in [0.25, 0.3) is 0 Å². The van der Waals surface area contributed by atoms with Crippen LogP contribution in [-0.2, 0) is 0 Å². The van der Waals surface area contributed by atoms with Crippen LogP contribution in [-0.4, -0.2) is 37.8 Å². The molecule has 1 aliphatic heterocycles. The van der Waals surface area contributed by atoms with Gasteiger partial charge < -0.3 is 21.3 Å². The van der Waals surface area contributed by atoms with Crippen LogP contribution >= 0.6 is 0 Å². The molecule has 6 unspecified atom stereocenters. The van der Waals surface area contributed by atoms with Crippen LogP contribution in [0.5, 0.6) is 0 Å². The van der Waals surface area contributed by atoms with Gasteiger partial charge in [-0.3, -0.25) is 0 Å². The van der Waals surface area contributed by atoms with Gasteiger partial charge in [0.1, 0.15) is 0 Å². The van der Waals surface area contributed by atoms with Crippen molar-refractivity contribution < 1.29 is 0 Å². The quantitative estimate of drug-likeness (QED) is 0.440. The lowest BCUT2D eigenvalue weighted by atomic mass is 9.80. The lowest BCUT2D eigenvalue weighted by molar-refractivity contribution is 0.194. The first-order valence-corrected chi connectivity index (χ1v) is 13.9. The van der Waals surface area contributed by atoms with E-state index < -0.39 is 0 Å². The fourth-order valence-corrected chi connectivity index (χ4v) is 7.05. The average Bonchev–Trinajstić information content (AvgIpc) is 2.85. The van der Waals surface area contributed by atoms with Gasteiger partial charge in [-0.2, -0.15) is 0 Å². The predicted molar refractivity (Wildman–Crippen MR) is 134 cm³/mol. The molecule has 0 amide bonds. The second-order valence-electron chi connectivity index (χ2n) is 11.2. The zero-order valence-corrected chi connectivity index (χ0v) is 20.1. The van der Waals surface area contributed by atoms with E-state index in [-0.39, 0.29) is 0 Å². The molecule has 4 nitrogen and oxygen atoms in total. The van der Waals surface area contributed by atoms with Crippen LogP contribution in [0.25, 0.3) is 0 Å². The summed E-state index contributed by atoms with van der Waals surface area (Å²) in [4.78, 5) is 0. The van der Waals surface area contributed by atoms with Gasteiger partial charge in [0, 0.05) is 43.1 Å². The molecule has 0 saturated heterocycles. The smallest absolute Gasteiger partial charge is 0.0390 e.